The zero-order valence-electron chi connectivity index (χ0n) is 15.5. The molecule has 0 atom stereocenters. The Morgan fingerprint density at radius 1 is 1.44 bits per heavy atom. The first-order chi connectivity index (χ1) is 12.0. The number of aromatic nitrogens is 1. The lowest BCUT2D eigenvalue weighted by atomic mass is 10.2. The number of nitrogens with one attached hydrogen (secondary N) is 2. The molecule has 1 heterocycles. The predicted octanol–water partition coefficient (Wildman–Crippen LogP) is 2.52. The van der Waals surface area contributed by atoms with Crippen LogP contribution in [0.25, 0.3) is 0 Å². The highest BCUT2D eigenvalue weighted by molar-refractivity contribution is 6.30. The molecule has 0 unspecified atom stereocenters. The van der Waals surface area contributed by atoms with E-state index in [4.69, 9.17) is 11.6 Å². The van der Waals surface area contributed by atoms with Crippen LogP contribution in [-0.2, 0) is 18.4 Å². The Kier molecular flexibility index (Phi) is 7.62. The zero-order chi connectivity index (χ0) is 18.2. The lowest BCUT2D eigenvalue weighted by Crippen LogP contribution is -2.39. The van der Waals surface area contributed by atoms with Gasteiger partial charge in [-0.05, 0) is 25.8 Å². The van der Waals surface area contributed by atoms with Gasteiger partial charge >= 0.3 is 0 Å². The normalized spacial score (nSPS) is 15.4. The number of hydrogen-bond donors (Lipinski definition) is 2. The molecular weight excluding hydrogens is 338 g/mol. The molecule has 6 nitrogen and oxygen atoms in total. The van der Waals surface area contributed by atoms with E-state index in [-0.39, 0.29) is 5.91 Å². The molecule has 1 saturated carbocycles. The van der Waals surface area contributed by atoms with Crippen LogP contribution in [0.1, 0.15) is 44.7 Å². The van der Waals surface area contributed by atoms with Gasteiger partial charge in [-0.2, -0.15) is 0 Å². The lowest BCUT2D eigenvalue weighted by Gasteiger charge is -2.22. The van der Waals surface area contributed by atoms with Gasteiger partial charge in [-0.3, -0.25) is 9.79 Å². The molecule has 25 heavy (non-hydrogen) atoms. The fourth-order valence-electron chi connectivity index (χ4n) is 3.14. The van der Waals surface area contributed by atoms with Crippen LogP contribution in [0, 0.1) is 0 Å². The van der Waals surface area contributed by atoms with Crippen LogP contribution in [0.5, 0.6) is 0 Å². The summed E-state index contributed by atoms with van der Waals surface area (Å²) in [6.45, 7) is 4.00. The third-order valence-electron chi connectivity index (χ3n) is 4.49. The average Bonchev–Trinajstić information content (AvgIpc) is 3.16. The minimum atomic E-state index is 0.100. The fraction of sp³-hybridized carbons (Fsp3) is 0.667. The first kappa shape index (κ1) is 19.6. The second-order valence-corrected chi connectivity index (χ2v) is 7.09. The van der Waals surface area contributed by atoms with Crippen molar-refractivity contribution in [1.82, 2.24) is 20.1 Å². The summed E-state index contributed by atoms with van der Waals surface area (Å²) in [5, 5.41) is 7.11. The van der Waals surface area contributed by atoms with Gasteiger partial charge in [0.15, 0.2) is 5.96 Å². The van der Waals surface area contributed by atoms with E-state index in [0.29, 0.717) is 25.6 Å². The van der Waals surface area contributed by atoms with Crippen molar-refractivity contribution in [3.05, 3.63) is 23.0 Å². The molecule has 0 radical (unpaired) electrons. The summed E-state index contributed by atoms with van der Waals surface area (Å²) in [7, 11) is 3.97. The lowest BCUT2D eigenvalue weighted by molar-refractivity contribution is -0.121. The predicted molar refractivity (Wildman–Crippen MR) is 103 cm³/mol. The van der Waals surface area contributed by atoms with Gasteiger partial charge in [0.2, 0.25) is 5.91 Å². The van der Waals surface area contributed by atoms with E-state index in [9.17, 15) is 4.79 Å². The molecule has 1 aliphatic rings. The Labute approximate surface area is 155 Å². The molecule has 7 heteroatoms. The molecule has 0 saturated heterocycles. The standard InChI is InChI=1S/C18H30ClN5O/c1-4-20-18(24(3)13-16-11-14(19)12-23(16)2)21-10-9-17(25)22-15-7-5-6-8-15/h11-12,15H,4-10,13H2,1-3H3,(H,20,21)(H,22,25). The number of nitrogens with zero attached hydrogens (tertiary/aromatic N) is 3. The van der Waals surface area contributed by atoms with Gasteiger partial charge < -0.3 is 20.1 Å². The highest BCUT2D eigenvalue weighted by Gasteiger charge is 2.16. The molecular formula is C18H30ClN5O. The minimum Gasteiger partial charge on any atom is -0.357 e. The van der Waals surface area contributed by atoms with E-state index in [0.717, 1.165) is 36.1 Å². The highest BCUT2D eigenvalue weighted by atomic mass is 35.5. The van der Waals surface area contributed by atoms with Crippen molar-refractivity contribution >= 4 is 23.5 Å². The van der Waals surface area contributed by atoms with Crippen LogP contribution in [0.3, 0.4) is 0 Å². The topological polar surface area (TPSA) is 61.7 Å². The van der Waals surface area contributed by atoms with Crippen molar-refractivity contribution in [3.63, 3.8) is 0 Å². The van der Waals surface area contributed by atoms with Crippen LogP contribution in [0.4, 0.5) is 0 Å². The van der Waals surface area contributed by atoms with Gasteiger partial charge in [0.1, 0.15) is 0 Å². The molecule has 2 rings (SSSR count). The molecule has 0 spiro atoms. The number of hydrogen-bond acceptors (Lipinski definition) is 2. The van der Waals surface area contributed by atoms with Crippen LogP contribution < -0.4 is 10.6 Å². The largest absolute Gasteiger partial charge is 0.357 e. The second kappa shape index (κ2) is 9.70. The number of guanidine groups is 1. The van der Waals surface area contributed by atoms with Crippen molar-refractivity contribution < 1.29 is 4.79 Å². The number of aryl methyl sites for hydroxylation is 1. The van der Waals surface area contributed by atoms with Gasteiger partial charge in [-0.15, -0.1) is 0 Å². The van der Waals surface area contributed by atoms with Gasteiger partial charge in [0.25, 0.3) is 0 Å². The summed E-state index contributed by atoms with van der Waals surface area (Å²) < 4.78 is 2.01. The molecule has 2 N–H and O–H groups in total. The van der Waals surface area contributed by atoms with Crippen molar-refractivity contribution in [1.29, 1.82) is 0 Å². The maximum absolute atomic E-state index is 12.0. The van der Waals surface area contributed by atoms with Gasteiger partial charge in [0.05, 0.1) is 18.1 Å². The van der Waals surface area contributed by atoms with Gasteiger partial charge in [-0.1, -0.05) is 24.4 Å². The zero-order valence-corrected chi connectivity index (χ0v) is 16.3. The maximum atomic E-state index is 12.0. The second-order valence-electron chi connectivity index (χ2n) is 6.65. The highest BCUT2D eigenvalue weighted by Crippen LogP contribution is 2.17. The van der Waals surface area contributed by atoms with Crippen LogP contribution in [-0.4, -0.2) is 47.5 Å². The number of carbonyl (C=O) groups excluding carboxylic acids is 1. The third-order valence-corrected chi connectivity index (χ3v) is 4.70. The summed E-state index contributed by atoms with van der Waals surface area (Å²) in [5.74, 6) is 0.900. The van der Waals surface area contributed by atoms with Crippen LogP contribution in [0.15, 0.2) is 17.3 Å². The van der Waals surface area contributed by atoms with Gasteiger partial charge in [0, 0.05) is 45.0 Å². The average molecular weight is 368 g/mol. The summed E-state index contributed by atoms with van der Waals surface area (Å²) in [6.07, 6.45) is 6.99. The first-order valence-corrected chi connectivity index (χ1v) is 9.47. The molecule has 0 aliphatic heterocycles. The Morgan fingerprint density at radius 2 is 2.16 bits per heavy atom. The Morgan fingerprint density at radius 3 is 2.76 bits per heavy atom. The number of rotatable bonds is 7. The van der Waals surface area contributed by atoms with Crippen molar-refractivity contribution in [2.24, 2.45) is 12.0 Å². The molecule has 1 amide bonds. The Bertz CT molecular complexity index is 592. The molecule has 140 valence electrons. The van der Waals surface area contributed by atoms with Gasteiger partial charge in [-0.25, -0.2) is 0 Å². The van der Waals surface area contributed by atoms with E-state index in [1.54, 1.807) is 0 Å². The SMILES string of the molecule is CCNC(=NCCC(=O)NC1CCCC1)N(C)Cc1cc(Cl)cn1C. The van der Waals surface area contributed by atoms with Crippen LogP contribution in [0.2, 0.25) is 5.02 Å². The molecule has 1 aromatic heterocycles. The van der Waals surface area contributed by atoms with E-state index in [1.165, 1.54) is 12.8 Å². The first-order valence-electron chi connectivity index (χ1n) is 9.09. The number of amides is 1. The summed E-state index contributed by atoms with van der Waals surface area (Å²) >= 11 is 6.05. The van der Waals surface area contributed by atoms with E-state index in [2.05, 4.69) is 15.6 Å². The third kappa shape index (κ3) is 6.27. The molecule has 0 aromatic carbocycles. The quantitative estimate of drug-likeness (QED) is 0.575. The molecule has 0 bridgehead atoms. The van der Waals surface area contributed by atoms with E-state index >= 15 is 0 Å². The Balaban J connectivity index is 1.85. The summed E-state index contributed by atoms with van der Waals surface area (Å²) in [6, 6.07) is 2.32. The fourth-order valence-corrected chi connectivity index (χ4v) is 3.42. The summed E-state index contributed by atoms with van der Waals surface area (Å²) in [5.41, 5.74) is 1.11. The molecule has 1 fully saturated rings. The van der Waals surface area contributed by atoms with E-state index in [1.807, 2.05) is 42.7 Å². The van der Waals surface area contributed by atoms with Crippen molar-refractivity contribution in [2.75, 3.05) is 20.1 Å². The number of halogens is 1. The maximum Gasteiger partial charge on any atom is 0.222 e. The number of aliphatic imine (C=N–C) groups is 1. The molecule has 1 aromatic rings. The monoisotopic (exact) mass is 367 g/mol. The molecule has 1 aliphatic carbocycles. The van der Waals surface area contributed by atoms with E-state index < -0.39 is 0 Å². The van der Waals surface area contributed by atoms with Crippen LogP contribution >= 0.6 is 11.6 Å². The van der Waals surface area contributed by atoms with Crippen molar-refractivity contribution in [2.45, 2.75) is 51.6 Å². The summed E-state index contributed by atoms with van der Waals surface area (Å²) in [4.78, 5) is 18.6. The Hall–Kier alpha value is -1.69. The number of carbonyl (C=O) groups is 1. The van der Waals surface area contributed by atoms with Crippen molar-refractivity contribution in [3.8, 4) is 0 Å². The minimum absolute atomic E-state index is 0.100. The smallest absolute Gasteiger partial charge is 0.222 e.